The molecule has 1 aliphatic rings. The summed E-state index contributed by atoms with van der Waals surface area (Å²) in [6.45, 7) is 5.45. The van der Waals surface area contributed by atoms with Crippen molar-refractivity contribution in [2.75, 3.05) is 5.32 Å². The molecule has 1 heterocycles. The van der Waals surface area contributed by atoms with Gasteiger partial charge in [0.1, 0.15) is 0 Å². The number of hydrogen-bond acceptors (Lipinski definition) is 4. The lowest BCUT2D eigenvalue weighted by Gasteiger charge is -2.17. The lowest BCUT2D eigenvalue weighted by molar-refractivity contribution is -0.123. The molecular formula is C24H24N2O3. The second-order valence-electron chi connectivity index (χ2n) is 7.69. The number of fused-ring (bicyclic) bond motifs is 1. The predicted molar refractivity (Wildman–Crippen MR) is 113 cm³/mol. The van der Waals surface area contributed by atoms with Crippen molar-refractivity contribution in [3.05, 3.63) is 70.9 Å². The van der Waals surface area contributed by atoms with Gasteiger partial charge in [-0.2, -0.15) is 0 Å². The van der Waals surface area contributed by atoms with Crippen molar-refractivity contribution < 1.29 is 14.3 Å². The lowest BCUT2D eigenvalue weighted by Crippen LogP contribution is -2.30. The molecule has 148 valence electrons. The van der Waals surface area contributed by atoms with E-state index in [-0.39, 0.29) is 5.91 Å². The van der Waals surface area contributed by atoms with E-state index >= 15 is 0 Å². The molecule has 1 saturated carbocycles. The van der Waals surface area contributed by atoms with Gasteiger partial charge in [0.15, 0.2) is 6.10 Å². The van der Waals surface area contributed by atoms with Gasteiger partial charge in [-0.25, -0.2) is 4.79 Å². The van der Waals surface area contributed by atoms with Gasteiger partial charge in [-0.05, 0) is 56.9 Å². The number of rotatable bonds is 5. The van der Waals surface area contributed by atoms with E-state index < -0.39 is 12.1 Å². The number of nitrogens with one attached hydrogen (secondary N) is 1. The number of esters is 1. The van der Waals surface area contributed by atoms with E-state index in [1.807, 2.05) is 62.4 Å². The van der Waals surface area contributed by atoms with Crippen molar-refractivity contribution in [2.45, 2.75) is 45.6 Å². The molecule has 1 fully saturated rings. The Bertz CT molecular complexity index is 1080. The maximum absolute atomic E-state index is 12.9. The number of carbonyl (C=O) groups excluding carboxylic acids is 2. The van der Waals surface area contributed by atoms with Gasteiger partial charge in [0, 0.05) is 22.7 Å². The predicted octanol–water partition coefficient (Wildman–Crippen LogP) is 4.91. The standard InChI is InChI=1S/C24H24N2O3/c1-14-7-6-8-15(2)22(14)26-23(27)16(3)29-24(28)19-13-21(17-11-12-17)25-20-10-5-4-9-18(19)20/h4-10,13,16-17H,11-12H2,1-3H3,(H,26,27)/t16-/m0/s1. The number of para-hydroxylation sites is 2. The molecule has 0 aliphatic heterocycles. The highest BCUT2D eigenvalue weighted by atomic mass is 16.5. The summed E-state index contributed by atoms with van der Waals surface area (Å²) < 4.78 is 5.53. The molecule has 1 N–H and O–H groups in total. The van der Waals surface area contributed by atoms with E-state index in [0.717, 1.165) is 46.3 Å². The van der Waals surface area contributed by atoms with Crippen molar-refractivity contribution in [3.63, 3.8) is 0 Å². The number of anilines is 1. The first-order chi connectivity index (χ1) is 13.9. The van der Waals surface area contributed by atoms with E-state index in [2.05, 4.69) is 10.3 Å². The van der Waals surface area contributed by atoms with E-state index in [0.29, 0.717) is 11.5 Å². The van der Waals surface area contributed by atoms with Crippen molar-refractivity contribution >= 4 is 28.5 Å². The Balaban J connectivity index is 1.55. The minimum atomic E-state index is -0.919. The molecule has 29 heavy (non-hydrogen) atoms. The highest BCUT2D eigenvalue weighted by Gasteiger charge is 2.28. The minimum absolute atomic E-state index is 0.350. The summed E-state index contributed by atoms with van der Waals surface area (Å²) in [7, 11) is 0. The van der Waals surface area contributed by atoms with Crippen LogP contribution >= 0.6 is 0 Å². The number of amides is 1. The third kappa shape index (κ3) is 3.99. The zero-order valence-corrected chi connectivity index (χ0v) is 16.9. The van der Waals surface area contributed by atoms with E-state index in [9.17, 15) is 9.59 Å². The van der Waals surface area contributed by atoms with E-state index in [4.69, 9.17) is 4.74 Å². The maximum Gasteiger partial charge on any atom is 0.339 e. The summed E-state index contributed by atoms with van der Waals surface area (Å²) in [5.74, 6) is -0.443. The maximum atomic E-state index is 12.9. The largest absolute Gasteiger partial charge is 0.449 e. The molecule has 0 saturated heterocycles. The fraction of sp³-hybridized carbons (Fsp3) is 0.292. The van der Waals surface area contributed by atoms with Crippen molar-refractivity contribution in [2.24, 2.45) is 0 Å². The third-order valence-electron chi connectivity index (χ3n) is 5.33. The second-order valence-corrected chi connectivity index (χ2v) is 7.69. The fourth-order valence-electron chi connectivity index (χ4n) is 3.47. The number of pyridine rings is 1. The van der Waals surface area contributed by atoms with Crippen LogP contribution in [0.3, 0.4) is 0 Å². The van der Waals surface area contributed by atoms with Crippen LogP contribution < -0.4 is 5.32 Å². The Hall–Kier alpha value is -3.21. The number of carbonyl (C=O) groups is 2. The normalized spacial score (nSPS) is 14.4. The van der Waals surface area contributed by atoms with Crippen molar-refractivity contribution in [3.8, 4) is 0 Å². The molecule has 0 spiro atoms. The van der Waals surface area contributed by atoms with Crippen LogP contribution in [0.5, 0.6) is 0 Å². The average Bonchev–Trinajstić information content (AvgIpc) is 3.55. The van der Waals surface area contributed by atoms with Crippen LogP contribution in [0.1, 0.15) is 52.9 Å². The fourth-order valence-corrected chi connectivity index (χ4v) is 3.47. The van der Waals surface area contributed by atoms with Crippen molar-refractivity contribution in [1.82, 2.24) is 4.98 Å². The molecule has 0 radical (unpaired) electrons. The van der Waals surface area contributed by atoms with E-state index in [1.54, 1.807) is 6.92 Å². The van der Waals surface area contributed by atoms with Gasteiger partial charge in [-0.3, -0.25) is 9.78 Å². The zero-order valence-electron chi connectivity index (χ0n) is 16.9. The lowest BCUT2D eigenvalue weighted by atomic mass is 10.1. The number of nitrogens with zero attached hydrogens (tertiary/aromatic N) is 1. The molecule has 1 amide bonds. The van der Waals surface area contributed by atoms with Crippen LogP contribution in [0, 0.1) is 13.8 Å². The number of hydrogen-bond donors (Lipinski definition) is 1. The van der Waals surface area contributed by atoms with Gasteiger partial charge < -0.3 is 10.1 Å². The molecule has 5 nitrogen and oxygen atoms in total. The first-order valence-electron chi connectivity index (χ1n) is 9.92. The molecule has 3 aromatic rings. The van der Waals surface area contributed by atoms with Crippen LogP contribution in [0.4, 0.5) is 5.69 Å². The average molecular weight is 388 g/mol. The number of aromatic nitrogens is 1. The molecule has 4 rings (SSSR count). The second kappa shape index (κ2) is 7.66. The summed E-state index contributed by atoms with van der Waals surface area (Å²) in [6, 6.07) is 15.2. The third-order valence-corrected chi connectivity index (χ3v) is 5.33. The first-order valence-corrected chi connectivity index (χ1v) is 9.92. The van der Waals surface area contributed by atoms with Gasteiger partial charge in [0.2, 0.25) is 0 Å². The first kappa shape index (κ1) is 19.1. The van der Waals surface area contributed by atoms with Crippen LogP contribution in [-0.2, 0) is 9.53 Å². The Kier molecular flexibility index (Phi) is 5.05. The molecule has 1 aromatic heterocycles. The van der Waals surface area contributed by atoms with Gasteiger partial charge in [0.25, 0.3) is 5.91 Å². The van der Waals surface area contributed by atoms with Gasteiger partial charge in [-0.1, -0.05) is 36.4 Å². The summed E-state index contributed by atoms with van der Waals surface area (Å²) in [4.78, 5) is 30.2. The number of aryl methyl sites for hydroxylation is 2. The molecule has 5 heteroatoms. The van der Waals surface area contributed by atoms with Gasteiger partial charge in [-0.15, -0.1) is 0 Å². The van der Waals surface area contributed by atoms with E-state index in [1.165, 1.54) is 0 Å². The van der Waals surface area contributed by atoms with Gasteiger partial charge in [0.05, 0.1) is 11.1 Å². The zero-order chi connectivity index (χ0) is 20.5. The van der Waals surface area contributed by atoms with Gasteiger partial charge >= 0.3 is 5.97 Å². The number of benzene rings is 2. The molecule has 1 atom stereocenters. The highest BCUT2D eigenvalue weighted by Crippen LogP contribution is 2.40. The minimum Gasteiger partial charge on any atom is -0.449 e. The van der Waals surface area contributed by atoms with Crippen LogP contribution in [0.2, 0.25) is 0 Å². The summed E-state index contributed by atoms with van der Waals surface area (Å²) in [6.07, 6.45) is 1.26. The molecule has 1 aliphatic carbocycles. The Morgan fingerprint density at radius 1 is 1.07 bits per heavy atom. The Morgan fingerprint density at radius 2 is 1.76 bits per heavy atom. The smallest absolute Gasteiger partial charge is 0.339 e. The van der Waals surface area contributed by atoms with Crippen LogP contribution in [0.15, 0.2) is 48.5 Å². The van der Waals surface area contributed by atoms with Crippen LogP contribution in [-0.4, -0.2) is 23.0 Å². The Morgan fingerprint density at radius 3 is 2.45 bits per heavy atom. The highest BCUT2D eigenvalue weighted by molar-refractivity contribution is 6.05. The van der Waals surface area contributed by atoms with Crippen LogP contribution in [0.25, 0.3) is 10.9 Å². The van der Waals surface area contributed by atoms with Crippen molar-refractivity contribution in [1.29, 1.82) is 0 Å². The molecular weight excluding hydrogens is 364 g/mol. The molecule has 2 aromatic carbocycles. The summed E-state index contributed by atoms with van der Waals surface area (Å²) in [5, 5.41) is 3.62. The monoisotopic (exact) mass is 388 g/mol. The summed E-state index contributed by atoms with van der Waals surface area (Å²) in [5.41, 5.74) is 4.84. The number of ether oxygens (including phenoxy) is 1. The SMILES string of the molecule is Cc1cccc(C)c1NC(=O)[C@H](C)OC(=O)c1cc(C2CC2)nc2ccccc12. The quantitative estimate of drug-likeness (QED) is 0.631. The summed E-state index contributed by atoms with van der Waals surface area (Å²) >= 11 is 0. The Labute approximate surface area is 170 Å². The molecule has 0 bridgehead atoms. The molecule has 0 unspecified atom stereocenters. The topological polar surface area (TPSA) is 68.3 Å².